The molecule has 0 aliphatic heterocycles. The van der Waals surface area contributed by atoms with Gasteiger partial charge in [-0.15, -0.1) is 0 Å². The Morgan fingerprint density at radius 2 is 1.47 bits per heavy atom. The molecule has 7 nitrogen and oxygen atoms in total. The van der Waals surface area contributed by atoms with Gasteiger partial charge < -0.3 is 18.9 Å². The van der Waals surface area contributed by atoms with E-state index in [1.54, 1.807) is 14.2 Å². The van der Waals surface area contributed by atoms with Crippen LogP contribution in [0.2, 0.25) is 0 Å². The van der Waals surface area contributed by atoms with Gasteiger partial charge >= 0.3 is 11.9 Å². The van der Waals surface area contributed by atoms with Crippen LogP contribution in [-0.2, 0) is 33.3 Å². The van der Waals surface area contributed by atoms with Crippen LogP contribution in [-0.4, -0.2) is 51.9 Å². The molecular formula is C23H24O7. The highest BCUT2D eigenvalue weighted by atomic mass is 16.7. The first kappa shape index (κ1) is 17.7. The summed E-state index contributed by atoms with van der Waals surface area (Å²) in [6.07, 6.45) is 4.97. The molecule has 8 aliphatic carbocycles. The molecule has 4 bridgehead atoms. The minimum absolute atomic E-state index is 0.00935. The molecule has 8 aliphatic rings. The smallest absolute Gasteiger partial charge is 0.334 e. The van der Waals surface area contributed by atoms with Crippen molar-refractivity contribution in [1.82, 2.24) is 0 Å². The maximum Gasteiger partial charge on any atom is 0.334 e. The second kappa shape index (κ2) is 4.75. The number of hydrogen-bond acceptors (Lipinski definition) is 7. The molecule has 0 radical (unpaired) electrons. The van der Waals surface area contributed by atoms with Crippen molar-refractivity contribution in [3.63, 3.8) is 0 Å². The molecule has 5 saturated carbocycles. The van der Waals surface area contributed by atoms with Crippen LogP contribution >= 0.6 is 0 Å². The summed E-state index contributed by atoms with van der Waals surface area (Å²) in [5.41, 5.74) is -0.826. The predicted molar refractivity (Wildman–Crippen MR) is 99.4 cm³/mol. The molecule has 0 N–H and O–H groups in total. The summed E-state index contributed by atoms with van der Waals surface area (Å²) in [6.45, 7) is 0. The van der Waals surface area contributed by atoms with Gasteiger partial charge in [-0.3, -0.25) is 4.79 Å². The van der Waals surface area contributed by atoms with Crippen LogP contribution in [0.4, 0.5) is 0 Å². The number of hydrogen-bond donors (Lipinski definition) is 0. The average molecular weight is 412 g/mol. The fourth-order valence-corrected chi connectivity index (χ4v) is 10.6. The lowest BCUT2D eigenvalue weighted by Crippen LogP contribution is -2.81. The number of carbonyl (C=O) groups is 3. The van der Waals surface area contributed by atoms with Crippen molar-refractivity contribution in [3.05, 3.63) is 23.3 Å². The molecule has 0 aromatic heterocycles. The summed E-state index contributed by atoms with van der Waals surface area (Å²) in [6, 6.07) is 0. The van der Waals surface area contributed by atoms with Gasteiger partial charge in [-0.05, 0) is 30.1 Å². The molecule has 158 valence electrons. The van der Waals surface area contributed by atoms with Gasteiger partial charge in [-0.2, -0.15) is 0 Å². The van der Waals surface area contributed by atoms with Crippen LogP contribution in [0.15, 0.2) is 23.3 Å². The highest BCUT2D eigenvalue weighted by Crippen LogP contribution is 2.98. The monoisotopic (exact) mass is 412 g/mol. The molecular weight excluding hydrogens is 388 g/mol. The fourth-order valence-electron chi connectivity index (χ4n) is 10.6. The molecule has 0 aromatic carbocycles. The number of fused-ring (bicyclic) bond motifs is 1. The first-order valence-corrected chi connectivity index (χ1v) is 10.7. The minimum atomic E-state index is -0.947. The molecule has 8 rings (SSSR count). The standard InChI is InChI=1S/C23H24O7/c1-27-19(25)13-10-5-6-11(14(13)20(26)28-2)22-17-9-7-8-12(15(9)23(22,29-3)30-4)18(24)21(10,22)16(8)17/h5-6,8-12,15-17H,7H2,1-4H3/t8-,9+,10+,11-,12-,15+,16+,17-,21-,22-/m0/s1. The van der Waals surface area contributed by atoms with Gasteiger partial charge in [-0.25, -0.2) is 9.59 Å². The quantitative estimate of drug-likeness (QED) is 0.389. The van der Waals surface area contributed by atoms with Crippen LogP contribution in [0.3, 0.4) is 0 Å². The predicted octanol–water partition coefficient (Wildman–Crippen LogP) is 1.13. The Bertz CT molecular complexity index is 1020. The molecule has 2 spiro atoms. The van der Waals surface area contributed by atoms with Crippen LogP contribution in [0, 0.1) is 58.2 Å². The number of allylic oxidation sites excluding steroid dienone is 2. The van der Waals surface area contributed by atoms with E-state index in [0.717, 1.165) is 6.42 Å². The Morgan fingerprint density at radius 1 is 0.867 bits per heavy atom. The van der Waals surface area contributed by atoms with Crippen molar-refractivity contribution < 1.29 is 33.3 Å². The number of methoxy groups -OCH3 is 4. The minimum Gasteiger partial charge on any atom is -0.466 e. The van der Waals surface area contributed by atoms with Crippen molar-refractivity contribution in [1.29, 1.82) is 0 Å². The van der Waals surface area contributed by atoms with E-state index in [-0.39, 0.29) is 29.5 Å². The Balaban J connectivity index is 1.60. The van der Waals surface area contributed by atoms with E-state index in [1.165, 1.54) is 14.2 Å². The molecule has 7 heteroatoms. The third-order valence-electron chi connectivity index (χ3n) is 10.4. The van der Waals surface area contributed by atoms with Crippen molar-refractivity contribution in [2.75, 3.05) is 28.4 Å². The van der Waals surface area contributed by atoms with Crippen molar-refractivity contribution in [3.8, 4) is 0 Å². The summed E-state index contributed by atoms with van der Waals surface area (Å²) in [5.74, 6) is -1.68. The van der Waals surface area contributed by atoms with E-state index in [4.69, 9.17) is 18.9 Å². The summed E-state index contributed by atoms with van der Waals surface area (Å²) in [5, 5.41) is 0. The van der Waals surface area contributed by atoms with E-state index in [0.29, 0.717) is 23.0 Å². The first-order chi connectivity index (χ1) is 14.4. The second-order valence-corrected chi connectivity index (χ2v) is 10.00. The Morgan fingerprint density at radius 3 is 2.07 bits per heavy atom. The lowest BCUT2D eigenvalue weighted by Gasteiger charge is -2.75. The van der Waals surface area contributed by atoms with Crippen LogP contribution in [0.1, 0.15) is 6.42 Å². The number of esters is 2. The molecule has 0 unspecified atom stereocenters. The van der Waals surface area contributed by atoms with Crippen LogP contribution in [0.5, 0.6) is 0 Å². The van der Waals surface area contributed by atoms with Gasteiger partial charge in [0, 0.05) is 37.9 Å². The van der Waals surface area contributed by atoms with E-state index in [1.807, 2.05) is 12.2 Å². The van der Waals surface area contributed by atoms with Crippen molar-refractivity contribution >= 4 is 17.7 Å². The van der Waals surface area contributed by atoms with Gasteiger partial charge in [0.2, 0.25) is 0 Å². The fraction of sp³-hybridized carbons (Fsp3) is 0.696. The zero-order valence-corrected chi connectivity index (χ0v) is 17.3. The number of carbonyl (C=O) groups excluding carboxylic acids is 3. The van der Waals surface area contributed by atoms with Crippen molar-refractivity contribution in [2.45, 2.75) is 12.2 Å². The summed E-state index contributed by atoms with van der Waals surface area (Å²) in [7, 11) is 5.96. The molecule has 5 fully saturated rings. The maximum absolute atomic E-state index is 14.1. The van der Waals surface area contributed by atoms with Gasteiger partial charge in [0.05, 0.1) is 36.2 Å². The van der Waals surface area contributed by atoms with Crippen LogP contribution < -0.4 is 0 Å². The summed E-state index contributed by atoms with van der Waals surface area (Å²) < 4.78 is 22.7. The van der Waals surface area contributed by atoms with E-state index in [9.17, 15) is 14.4 Å². The number of ether oxygens (including phenoxy) is 4. The zero-order valence-electron chi connectivity index (χ0n) is 17.3. The number of ketones is 1. The first-order valence-electron chi connectivity index (χ1n) is 10.7. The Kier molecular flexibility index (Phi) is 2.80. The van der Waals surface area contributed by atoms with Crippen LogP contribution in [0.25, 0.3) is 0 Å². The lowest BCUT2D eigenvalue weighted by molar-refractivity contribution is -0.374. The Hall–Kier alpha value is -1.99. The second-order valence-electron chi connectivity index (χ2n) is 10.00. The van der Waals surface area contributed by atoms with Gasteiger partial charge in [0.15, 0.2) is 5.79 Å². The topological polar surface area (TPSA) is 88.1 Å². The molecule has 0 aromatic rings. The number of Topliss-reactive ketones (excluding diaryl/α,β-unsaturated/α-hetero) is 1. The number of rotatable bonds is 4. The van der Waals surface area contributed by atoms with E-state index in [2.05, 4.69) is 0 Å². The largest absolute Gasteiger partial charge is 0.466 e. The van der Waals surface area contributed by atoms with E-state index >= 15 is 0 Å². The molecule has 10 atom stereocenters. The van der Waals surface area contributed by atoms with Crippen molar-refractivity contribution in [2.24, 2.45) is 58.2 Å². The Labute approximate surface area is 173 Å². The summed E-state index contributed by atoms with van der Waals surface area (Å²) >= 11 is 0. The average Bonchev–Trinajstić information content (AvgIpc) is 3.32. The summed E-state index contributed by atoms with van der Waals surface area (Å²) in [4.78, 5) is 40.1. The third-order valence-corrected chi connectivity index (χ3v) is 10.4. The molecule has 0 amide bonds. The molecule has 0 heterocycles. The zero-order chi connectivity index (χ0) is 21.0. The van der Waals surface area contributed by atoms with Gasteiger partial charge in [0.1, 0.15) is 5.78 Å². The molecule has 0 saturated heterocycles. The maximum atomic E-state index is 14.1. The molecule has 30 heavy (non-hydrogen) atoms. The van der Waals surface area contributed by atoms with Gasteiger partial charge in [0.25, 0.3) is 0 Å². The lowest BCUT2D eigenvalue weighted by atomic mass is 9.27. The highest BCUT2D eigenvalue weighted by molar-refractivity contribution is 6.07. The van der Waals surface area contributed by atoms with E-state index < -0.39 is 40.4 Å². The normalized spacial score (nSPS) is 53.4. The highest BCUT2D eigenvalue weighted by Gasteiger charge is 3.03. The third kappa shape index (κ3) is 1.15. The SMILES string of the molecule is COC(=O)C1=C(C(=O)OC)[C@@H]2C=C[C@H]1[C@]13C(=O)[C@H]4[C@@H]5C[C@@H]6[C@H]4C(OC)(OC)[C@]21[C@@H]6[C@@H]53. The van der Waals surface area contributed by atoms with Gasteiger partial charge in [-0.1, -0.05) is 12.2 Å².